The van der Waals surface area contributed by atoms with Crippen molar-refractivity contribution in [3.63, 3.8) is 0 Å². The molecule has 1 N–H and O–H groups in total. The van der Waals surface area contributed by atoms with E-state index in [0.29, 0.717) is 12.5 Å². The standard InChI is InChI=1S/C11H22O/c1-4-11(5-2)7-6-10(3)8-9-12/h7,10,12H,4-6,8-9H2,1-3H3/t10-/m1/s1. The fourth-order valence-corrected chi connectivity index (χ4v) is 1.24. The molecule has 72 valence electrons. The second kappa shape index (κ2) is 7.35. The van der Waals surface area contributed by atoms with Gasteiger partial charge in [-0.15, -0.1) is 0 Å². The Morgan fingerprint density at radius 2 is 1.92 bits per heavy atom. The maximum atomic E-state index is 8.70. The summed E-state index contributed by atoms with van der Waals surface area (Å²) in [5, 5.41) is 8.70. The van der Waals surface area contributed by atoms with E-state index in [1.54, 1.807) is 5.57 Å². The largest absolute Gasteiger partial charge is 0.396 e. The summed E-state index contributed by atoms with van der Waals surface area (Å²) in [7, 11) is 0. The first-order valence-electron chi connectivity index (χ1n) is 5.03. The van der Waals surface area contributed by atoms with Crippen LogP contribution in [0.15, 0.2) is 11.6 Å². The summed E-state index contributed by atoms with van der Waals surface area (Å²) < 4.78 is 0. The number of allylic oxidation sites excluding steroid dienone is 2. The van der Waals surface area contributed by atoms with Crippen molar-refractivity contribution in [2.75, 3.05) is 6.61 Å². The van der Waals surface area contributed by atoms with Crippen molar-refractivity contribution in [2.45, 2.75) is 46.5 Å². The molecule has 0 aromatic carbocycles. The van der Waals surface area contributed by atoms with E-state index in [1.807, 2.05) is 0 Å². The van der Waals surface area contributed by atoms with Gasteiger partial charge in [-0.25, -0.2) is 0 Å². The maximum Gasteiger partial charge on any atom is 0.0433 e. The molecule has 0 fully saturated rings. The van der Waals surface area contributed by atoms with Gasteiger partial charge >= 0.3 is 0 Å². The number of hydrogen-bond acceptors (Lipinski definition) is 1. The highest BCUT2D eigenvalue weighted by atomic mass is 16.2. The summed E-state index contributed by atoms with van der Waals surface area (Å²) in [4.78, 5) is 0. The van der Waals surface area contributed by atoms with Crippen LogP contribution in [0, 0.1) is 5.92 Å². The molecule has 0 bridgehead atoms. The van der Waals surface area contributed by atoms with Crippen LogP contribution in [0.2, 0.25) is 0 Å². The van der Waals surface area contributed by atoms with E-state index in [2.05, 4.69) is 26.8 Å². The average Bonchev–Trinajstić information content (AvgIpc) is 2.07. The predicted molar refractivity (Wildman–Crippen MR) is 54.1 cm³/mol. The minimum absolute atomic E-state index is 0.322. The van der Waals surface area contributed by atoms with Crippen molar-refractivity contribution in [3.05, 3.63) is 11.6 Å². The summed E-state index contributed by atoms with van der Waals surface area (Å²) in [6, 6.07) is 0. The molecule has 12 heavy (non-hydrogen) atoms. The van der Waals surface area contributed by atoms with Gasteiger partial charge in [0.2, 0.25) is 0 Å². The van der Waals surface area contributed by atoms with Crippen LogP contribution in [0.3, 0.4) is 0 Å². The van der Waals surface area contributed by atoms with Crippen LogP contribution < -0.4 is 0 Å². The predicted octanol–water partition coefficient (Wildman–Crippen LogP) is 3.14. The lowest BCUT2D eigenvalue weighted by atomic mass is 10.0. The van der Waals surface area contributed by atoms with E-state index in [9.17, 15) is 0 Å². The molecule has 0 spiro atoms. The third-order valence-corrected chi connectivity index (χ3v) is 2.34. The first-order chi connectivity index (χ1) is 5.74. The molecule has 0 radical (unpaired) electrons. The fourth-order valence-electron chi connectivity index (χ4n) is 1.24. The van der Waals surface area contributed by atoms with E-state index in [1.165, 1.54) is 12.8 Å². The van der Waals surface area contributed by atoms with Gasteiger partial charge in [0.1, 0.15) is 0 Å². The van der Waals surface area contributed by atoms with Gasteiger partial charge in [0.05, 0.1) is 0 Å². The summed E-state index contributed by atoms with van der Waals surface area (Å²) >= 11 is 0. The molecule has 1 atom stereocenters. The fraction of sp³-hybridized carbons (Fsp3) is 0.818. The lowest BCUT2D eigenvalue weighted by Gasteiger charge is -2.07. The SMILES string of the molecule is CCC(=CC[C@@H](C)CCO)CC. The van der Waals surface area contributed by atoms with Crippen molar-refractivity contribution < 1.29 is 5.11 Å². The zero-order valence-electron chi connectivity index (χ0n) is 8.64. The highest BCUT2D eigenvalue weighted by molar-refractivity contribution is 5.00. The first-order valence-corrected chi connectivity index (χ1v) is 5.03. The number of aliphatic hydroxyl groups is 1. The van der Waals surface area contributed by atoms with E-state index in [4.69, 9.17) is 5.11 Å². The third-order valence-electron chi connectivity index (χ3n) is 2.34. The van der Waals surface area contributed by atoms with E-state index < -0.39 is 0 Å². The van der Waals surface area contributed by atoms with Crippen molar-refractivity contribution in [1.29, 1.82) is 0 Å². The lowest BCUT2D eigenvalue weighted by molar-refractivity contribution is 0.263. The topological polar surface area (TPSA) is 20.2 Å². The number of aliphatic hydroxyl groups excluding tert-OH is 1. The Kier molecular flexibility index (Phi) is 7.17. The molecule has 0 aliphatic heterocycles. The molecule has 0 aromatic rings. The van der Waals surface area contributed by atoms with Crippen molar-refractivity contribution in [2.24, 2.45) is 5.92 Å². The monoisotopic (exact) mass is 170 g/mol. The third kappa shape index (κ3) is 5.36. The normalized spacial score (nSPS) is 12.7. The Morgan fingerprint density at radius 1 is 1.33 bits per heavy atom. The van der Waals surface area contributed by atoms with Gasteiger partial charge < -0.3 is 5.11 Å². The Bertz CT molecular complexity index is 121. The van der Waals surface area contributed by atoms with Crippen LogP contribution in [0.4, 0.5) is 0 Å². The molecule has 0 aromatic heterocycles. The van der Waals surface area contributed by atoms with Gasteiger partial charge in [-0.05, 0) is 31.6 Å². The van der Waals surface area contributed by atoms with Crippen LogP contribution >= 0.6 is 0 Å². The molecule has 0 amide bonds. The Labute approximate surface area is 76.5 Å². The van der Waals surface area contributed by atoms with Crippen LogP contribution in [-0.4, -0.2) is 11.7 Å². The first kappa shape index (κ1) is 11.7. The summed E-state index contributed by atoms with van der Waals surface area (Å²) in [6.07, 6.45) is 6.72. The quantitative estimate of drug-likeness (QED) is 0.607. The smallest absolute Gasteiger partial charge is 0.0433 e. The Morgan fingerprint density at radius 3 is 2.33 bits per heavy atom. The van der Waals surface area contributed by atoms with Crippen LogP contribution in [0.5, 0.6) is 0 Å². The molecule has 1 heteroatoms. The number of rotatable bonds is 6. The second-order valence-electron chi connectivity index (χ2n) is 3.42. The summed E-state index contributed by atoms with van der Waals surface area (Å²) in [5.74, 6) is 0.628. The minimum atomic E-state index is 0.322. The second-order valence-corrected chi connectivity index (χ2v) is 3.42. The molecular formula is C11H22O. The van der Waals surface area contributed by atoms with E-state index in [0.717, 1.165) is 12.8 Å². The molecule has 0 heterocycles. The molecule has 0 saturated carbocycles. The molecule has 0 aliphatic carbocycles. The van der Waals surface area contributed by atoms with Crippen LogP contribution in [0.1, 0.15) is 46.5 Å². The van der Waals surface area contributed by atoms with Gasteiger partial charge in [-0.3, -0.25) is 0 Å². The summed E-state index contributed by atoms with van der Waals surface area (Å²) in [5.41, 5.74) is 1.54. The Balaban J connectivity index is 3.68. The van der Waals surface area contributed by atoms with Gasteiger partial charge in [0.25, 0.3) is 0 Å². The Hall–Kier alpha value is -0.300. The number of hydrogen-bond donors (Lipinski definition) is 1. The van der Waals surface area contributed by atoms with Crippen molar-refractivity contribution >= 4 is 0 Å². The molecule has 0 unspecified atom stereocenters. The highest BCUT2D eigenvalue weighted by Crippen LogP contribution is 2.12. The zero-order valence-corrected chi connectivity index (χ0v) is 8.64. The van der Waals surface area contributed by atoms with Crippen molar-refractivity contribution in [1.82, 2.24) is 0 Å². The van der Waals surface area contributed by atoms with E-state index in [-0.39, 0.29) is 0 Å². The molecule has 0 aliphatic rings. The molecule has 0 saturated heterocycles. The van der Waals surface area contributed by atoms with Crippen LogP contribution in [-0.2, 0) is 0 Å². The highest BCUT2D eigenvalue weighted by Gasteiger charge is 1.98. The molecule has 0 rings (SSSR count). The van der Waals surface area contributed by atoms with Crippen molar-refractivity contribution in [3.8, 4) is 0 Å². The van der Waals surface area contributed by atoms with Gasteiger partial charge in [-0.2, -0.15) is 0 Å². The lowest BCUT2D eigenvalue weighted by Crippen LogP contribution is -1.96. The average molecular weight is 170 g/mol. The maximum absolute atomic E-state index is 8.70. The zero-order chi connectivity index (χ0) is 9.40. The van der Waals surface area contributed by atoms with Crippen LogP contribution in [0.25, 0.3) is 0 Å². The van der Waals surface area contributed by atoms with Gasteiger partial charge in [-0.1, -0.05) is 32.4 Å². The van der Waals surface area contributed by atoms with Gasteiger partial charge in [0, 0.05) is 6.61 Å². The molecule has 1 nitrogen and oxygen atoms in total. The minimum Gasteiger partial charge on any atom is -0.396 e. The van der Waals surface area contributed by atoms with E-state index >= 15 is 0 Å². The molecular weight excluding hydrogens is 148 g/mol. The van der Waals surface area contributed by atoms with Gasteiger partial charge in [0.15, 0.2) is 0 Å². The summed E-state index contributed by atoms with van der Waals surface area (Å²) in [6.45, 7) is 6.91.